The molecule has 0 aliphatic carbocycles. The number of nitrogens with one attached hydrogen (secondary N) is 2. The van der Waals surface area contributed by atoms with Crippen LogP contribution < -0.4 is 10.6 Å². The Bertz CT molecular complexity index is 1220. The van der Waals surface area contributed by atoms with Crippen molar-refractivity contribution in [3.8, 4) is 0 Å². The topological polar surface area (TPSA) is 70.7 Å². The highest BCUT2D eigenvalue weighted by molar-refractivity contribution is 6.37. The standard InChI is InChI=1S/C27H27N3O3/c1-4-33-27(32)20-13-14-22-23(16-20)29-26(31)24(22)25(19-10-6-5-7-11-19)28-21-12-8-9-18(15-21)17-30(2)3/h5-16,28H,4,17H2,1-3H3,(H,29,31)/b25-24-. The zero-order valence-electron chi connectivity index (χ0n) is 19.0. The zero-order valence-corrected chi connectivity index (χ0v) is 19.0. The van der Waals surface area contributed by atoms with Crippen LogP contribution in [-0.4, -0.2) is 37.5 Å². The SMILES string of the molecule is CCOC(=O)c1ccc2c(c1)NC(=O)/C2=C(\Nc1cccc(CN(C)C)c1)c1ccccc1. The minimum absolute atomic E-state index is 0.221. The van der Waals surface area contributed by atoms with E-state index in [0.717, 1.165) is 28.9 Å². The number of benzene rings is 3. The minimum Gasteiger partial charge on any atom is -0.462 e. The summed E-state index contributed by atoms with van der Waals surface area (Å²) in [7, 11) is 4.06. The van der Waals surface area contributed by atoms with Crippen LogP contribution in [0.3, 0.4) is 0 Å². The van der Waals surface area contributed by atoms with Crippen LogP contribution in [0.25, 0.3) is 11.3 Å². The fourth-order valence-corrected chi connectivity index (χ4v) is 3.90. The summed E-state index contributed by atoms with van der Waals surface area (Å²) in [5.41, 5.74) is 5.93. The number of hydrogen-bond acceptors (Lipinski definition) is 5. The number of carbonyl (C=O) groups excluding carboxylic acids is 2. The molecule has 1 aliphatic rings. The summed E-state index contributed by atoms with van der Waals surface area (Å²) in [4.78, 5) is 27.4. The van der Waals surface area contributed by atoms with Crippen LogP contribution in [0.5, 0.6) is 0 Å². The third-order valence-corrected chi connectivity index (χ3v) is 5.28. The van der Waals surface area contributed by atoms with Crippen LogP contribution in [0, 0.1) is 0 Å². The summed E-state index contributed by atoms with van der Waals surface area (Å²) in [5.74, 6) is -0.632. The second kappa shape index (κ2) is 9.71. The van der Waals surface area contributed by atoms with Crippen molar-refractivity contribution in [3.05, 3.63) is 95.1 Å². The number of fused-ring (bicyclic) bond motifs is 1. The molecule has 168 valence electrons. The molecule has 0 bridgehead atoms. The number of esters is 1. The molecule has 0 fully saturated rings. The quantitative estimate of drug-likeness (QED) is 0.405. The van der Waals surface area contributed by atoms with Gasteiger partial charge < -0.3 is 20.3 Å². The van der Waals surface area contributed by atoms with Crippen molar-refractivity contribution >= 4 is 34.5 Å². The molecule has 2 N–H and O–H groups in total. The van der Waals surface area contributed by atoms with Crippen molar-refractivity contribution < 1.29 is 14.3 Å². The third-order valence-electron chi connectivity index (χ3n) is 5.28. The number of nitrogens with zero attached hydrogens (tertiary/aromatic N) is 1. The van der Waals surface area contributed by atoms with Crippen molar-refractivity contribution in [3.63, 3.8) is 0 Å². The van der Waals surface area contributed by atoms with E-state index in [1.54, 1.807) is 25.1 Å². The molecule has 1 aliphatic heterocycles. The maximum Gasteiger partial charge on any atom is 0.338 e. The molecule has 0 atom stereocenters. The Kier molecular flexibility index (Phi) is 6.56. The van der Waals surface area contributed by atoms with E-state index in [-0.39, 0.29) is 5.91 Å². The van der Waals surface area contributed by atoms with Gasteiger partial charge in [0.1, 0.15) is 0 Å². The van der Waals surface area contributed by atoms with Crippen molar-refractivity contribution in [2.75, 3.05) is 31.3 Å². The summed E-state index contributed by atoms with van der Waals surface area (Å²) in [6.45, 7) is 2.87. The maximum atomic E-state index is 13.1. The first-order chi connectivity index (χ1) is 16.0. The van der Waals surface area contributed by atoms with E-state index in [1.165, 1.54) is 0 Å². The number of ether oxygens (including phenoxy) is 1. The highest BCUT2D eigenvalue weighted by Crippen LogP contribution is 2.38. The van der Waals surface area contributed by atoms with E-state index in [9.17, 15) is 9.59 Å². The van der Waals surface area contributed by atoms with E-state index in [4.69, 9.17) is 4.74 Å². The van der Waals surface area contributed by atoms with Gasteiger partial charge >= 0.3 is 5.97 Å². The van der Waals surface area contributed by atoms with E-state index < -0.39 is 5.97 Å². The van der Waals surface area contributed by atoms with Crippen LogP contribution in [0.4, 0.5) is 11.4 Å². The lowest BCUT2D eigenvalue weighted by molar-refractivity contribution is -0.110. The molecule has 6 heteroatoms. The monoisotopic (exact) mass is 441 g/mol. The van der Waals surface area contributed by atoms with Gasteiger partial charge in [-0.15, -0.1) is 0 Å². The molecule has 0 radical (unpaired) electrons. The van der Waals surface area contributed by atoms with Gasteiger partial charge in [0.05, 0.1) is 29.1 Å². The number of hydrogen-bond donors (Lipinski definition) is 2. The molecular formula is C27H27N3O3. The number of anilines is 2. The lowest BCUT2D eigenvalue weighted by Gasteiger charge is -2.16. The molecule has 3 aromatic carbocycles. The van der Waals surface area contributed by atoms with Crippen molar-refractivity contribution in [2.24, 2.45) is 0 Å². The molecule has 4 rings (SSSR count). The van der Waals surface area contributed by atoms with E-state index >= 15 is 0 Å². The van der Waals surface area contributed by atoms with E-state index in [0.29, 0.717) is 29.1 Å². The Morgan fingerprint density at radius 3 is 2.48 bits per heavy atom. The number of carbonyl (C=O) groups is 2. The molecular weight excluding hydrogens is 414 g/mol. The predicted molar refractivity (Wildman–Crippen MR) is 132 cm³/mol. The minimum atomic E-state index is -0.411. The van der Waals surface area contributed by atoms with Crippen LogP contribution in [0.15, 0.2) is 72.8 Å². The average Bonchev–Trinajstić information content (AvgIpc) is 3.12. The predicted octanol–water partition coefficient (Wildman–Crippen LogP) is 4.86. The Labute approximate surface area is 193 Å². The molecule has 3 aromatic rings. The Hall–Kier alpha value is -3.90. The summed E-state index contributed by atoms with van der Waals surface area (Å²) in [5, 5.41) is 6.40. The molecule has 0 aromatic heterocycles. The van der Waals surface area contributed by atoms with E-state index in [1.807, 2.05) is 56.6 Å². The second-order valence-corrected chi connectivity index (χ2v) is 8.11. The van der Waals surface area contributed by atoms with E-state index in [2.05, 4.69) is 27.7 Å². The first kappa shape index (κ1) is 22.3. The molecule has 0 saturated carbocycles. The fourth-order valence-electron chi connectivity index (χ4n) is 3.90. The van der Waals surface area contributed by atoms with Crippen LogP contribution >= 0.6 is 0 Å². The first-order valence-corrected chi connectivity index (χ1v) is 10.9. The zero-order chi connectivity index (χ0) is 23.4. The Morgan fingerprint density at radius 2 is 1.76 bits per heavy atom. The molecule has 0 spiro atoms. The van der Waals surface area contributed by atoms with Gasteiger partial charge in [-0.25, -0.2) is 4.79 Å². The van der Waals surface area contributed by atoms with Gasteiger partial charge in [-0.3, -0.25) is 4.79 Å². The maximum absolute atomic E-state index is 13.1. The van der Waals surface area contributed by atoms with Gasteiger partial charge in [-0.05, 0) is 56.4 Å². The van der Waals surface area contributed by atoms with Crippen molar-refractivity contribution in [1.82, 2.24) is 4.90 Å². The highest BCUT2D eigenvalue weighted by atomic mass is 16.5. The van der Waals surface area contributed by atoms with Crippen LogP contribution in [-0.2, 0) is 16.1 Å². The lowest BCUT2D eigenvalue weighted by atomic mass is 9.99. The second-order valence-electron chi connectivity index (χ2n) is 8.11. The molecule has 0 saturated heterocycles. The van der Waals surface area contributed by atoms with Crippen LogP contribution in [0.2, 0.25) is 0 Å². The Balaban J connectivity index is 1.80. The van der Waals surface area contributed by atoms with Gasteiger partial charge in [0, 0.05) is 17.8 Å². The normalized spacial score (nSPS) is 14.0. The summed E-state index contributed by atoms with van der Waals surface area (Å²) in [6, 6.07) is 23.1. The summed E-state index contributed by atoms with van der Waals surface area (Å²) >= 11 is 0. The molecule has 1 heterocycles. The van der Waals surface area contributed by atoms with Gasteiger partial charge in [0.2, 0.25) is 0 Å². The average molecular weight is 442 g/mol. The first-order valence-electron chi connectivity index (χ1n) is 10.9. The third kappa shape index (κ3) is 4.96. The van der Waals surface area contributed by atoms with Crippen molar-refractivity contribution in [2.45, 2.75) is 13.5 Å². The molecule has 1 amide bonds. The van der Waals surface area contributed by atoms with Gasteiger partial charge in [0.15, 0.2) is 0 Å². The van der Waals surface area contributed by atoms with Crippen LogP contribution in [0.1, 0.15) is 34.0 Å². The largest absolute Gasteiger partial charge is 0.462 e. The van der Waals surface area contributed by atoms with Gasteiger partial charge in [-0.2, -0.15) is 0 Å². The lowest BCUT2D eigenvalue weighted by Crippen LogP contribution is -2.12. The smallest absolute Gasteiger partial charge is 0.338 e. The van der Waals surface area contributed by atoms with Crippen molar-refractivity contribution in [1.29, 1.82) is 0 Å². The summed E-state index contributed by atoms with van der Waals surface area (Å²) in [6.07, 6.45) is 0. The van der Waals surface area contributed by atoms with Gasteiger partial charge in [0.25, 0.3) is 5.91 Å². The summed E-state index contributed by atoms with van der Waals surface area (Å²) < 4.78 is 5.10. The van der Waals surface area contributed by atoms with Gasteiger partial charge in [-0.1, -0.05) is 48.5 Å². The fraction of sp³-hybridized carbons (Fsp3) is 0.185. The molecule has 6 nitrogen and oxygen atoms in total. The molecule has 33 heavy (non-hydrogen) atoms. The number of rotatable bonds is 7. The Morgan fingerprint density at radius 1 is 0.970 bits per heavy atom. The molecule has 0 unspecified atom stereocenters. The number of amides is 1. The highest BCUT2D eigenvalue weighted by Gasteiger charge is 2.29.